The third-order valence-corrected chi connectivity index (χ3v) is 4.13. The number of aromatic nitrogens is 2. The van der Waals surface area contributed by atoms with E-state index < -0.39 is 0 Å². The second-order valence-corrected chi connectivity index (χ2v) is 5.95. The van der Waals surface area contributed by atoms with E-state index in [1.165, 1.54) is 11.9 Å². The summed E-state index contributed by atoms with van der Waals surface area (Å²) in [5, 5.41) is 2.84. The van der Waals surface area contributed by atoms with Gasteiger partial charge < -0.3 is 15.0 Å². The lowest BCUT2D eigenvalue weighted by Gasteiger charge is -2.22. The third-order valence-electron chi connectivity index (χ3n) is 4.13. The molecule has 0 bridgehead atoms. The molecule has 0 fully saturated rings. The number of methoxy groups -OCH3 is 1. The summed E-state index contributed by atoms with van der Waals surface area (Å²) in [5.41, 5.74) is 2.14. The number of hydrogen-bond acceptors (Lipinski definition) is 5. The van der Waals surface area contributed by atoms with Crippen LogP contribution in [0.5, 0.6) is 5.75 Å². The number of hydrogen-bond donors (Lipinski definition) is 1. The van der Waals surface area contributed by atoms with Crippen LogP contribution in [0.4, 0.5) is 11.5 Å². The molecule has 27 heavy (non-hydrogen) atoms. The lowest BCUT2D eigenvalue weighted by molar-refractivity contribution is 0.102. The third kappa shape index (κ3) is 4.82. The Morgan fingerprint density at radius 2 is 1.89 bits per heavy atom. The number of rotatable bonds is 7. The minimum Gasteiger partial charge on any atom is -0.497 e. The molecule has 0 unspecified atom stereocenters. The molecule has 1 heterocycles. The van der Waals surface area contributed by atoms with E-state index in [-0.39, 0.29) is 5.91 Å². The fourth-order valence-corrected chi connectivity index (χ4v) is 2.70. The average Bonchev–Trinajstić information content (AvgIpc) is 2.73. The SMILES string of the molecule is CCN(Cc1ccccc1)c1cc(C(=O)Nc2cccc(OC)c2)ncn1. The van der Waals surface area contributed by atoms with Crippen LogP contribution in [0, 0.1) is 0 Å². The molecule has 6 nitrogen and oxygen atoms in total. The van der Waals surface area contributed by atoms with Crippen LogP contribution in [0.2, 0.25) is 0 Å². The van der Waals surface area contributed by atoms with Gasteiger partial charge in [0.15, 0.2) is 0 Å². The first kappa shape index (κ1) is 18.4. The van der Waals surface area contributed by atoms with Crippen molar-refractivity contribution in [3.05, 3.63) is 78.2 Å². The average molecular weight is 362 g/mol. The van der Waals surface area contributed by atoms with Gasteiger partial charge in [0, 0.05) is 30.9 Å². The number of nitrogens with zero attached hydrogens (tertiary/aromatic N) is 3. The van der Waals surface area contributed by atoms with Crippen LogP contribution in [0.25, 0.3) is 0 Å². The molecule has 0 saturated heterocycles. The van der Waals surface area contributed by atoms with Gasteiger partial charge in [-0.15, -0.1) is 0 Å². The summed E-state index contributed by atoms with van der Waals surface area (Å²) >= 11 is 0. The van der Waals surface area contributed by atoms with Crippen LogP contribution in [0.15, 0.2) is 67.0 Å². The number of carbonyl (C=O) groups is 1. The summed E-state index contributed by atoms with van der Waals surface area (Å²) in [6.45, 7) is 3.54. The Balaban J connectivity index is 1.76. The molecule has 1 aromatic heterocycles. The second-order valence-electron chi connectivity index (χ2n) is 5.95. The van der Waals surface area contributed by atoms with E-state index in [4.69, 9.17) is 4.74 Å². The van der Waals surface area contributed by atoms with Crippen molar-refractivity contribution >= 4 is 17.4 Å². The number of anilines is 2. The van der Waals surface area contributed by atoms with Crippen molar-refractivity contribution in [2.45, 2.75) is 13.5 Å². The summed E-state index contributed by atoms with van der Waals surface area (Å²) in [6.07, 6.45) is 1.42. The van der Waals surface area contributed by atoms with E-state index in [9.17, 15) is 4.79 Å². The molecule has 3 aromatic rings. The summed E-state index contributed by atoms with van der Waals surface area (Å²) in [7, 11) is 1.59. The number of amides is 1. The zero-order chi connectivity index (χ0) is 19.1. The first-order valence-electron chi connectivity index (χ1n) is 8.76. The lowest BCUT2D eigenvalue weighted by Crippen LogP contribution is -2.24. The molecule has 0 aliphatic rings. The topological polar surface area (TPSA) is 67.4 Å². The van der Waals surface area contributed by atoms with E-state index in [2.05, 4.69) is 39.2 Å². The molecule has 0 saturated carbocycles. The molecule has 0 atom stereocenters. The molecule has 6 heteroatoms. The van der Waals surface area contributed by atoms with Crippen molar-refractivity contribution in [1.29, 1.82) is 0 Å². The quantitative estimate of drug-likeness (QED) is 0.693. The second kappa shape index (κ2) is 8.80. The Morgan fingerprint density at radius 3 is 2.63 bits per heavy atom. The Labute approximate surface area is 158 Å². The smallest absolute Gasteiger partial charge is 0.274 e. The molecule has 138 valence electrons. The van der Waals surface area contributed by atoms with Crippen molar-refractivity contribution in [1.82, 2.24) is 9.97 Å². The van der Waals surface area contributed by atoms with Gasteiger partial charge in [-0.3, -0.25) is 4.79 Å². The van der Waals surface area contributed by atoms with Gasteiger partial charge in [-0.1, -0.05) is 36.4 Å². The van der Waals surface area contributed by atoms with Crippen LogP contribution in [-0.4, -0.2) is 29.5 Å². The number of nitrogens with one attached hydrogen (secondary N) is 1. The highest BCUT2D eigenvalue weighted by atomic mass is 16.5. The number of benzene rings is 2. The number of ether oxygens (including phenoxy) is 1. The predicted molar refractivity (Wildman–Crippen MR) is 106 cm³/mol. The van der Waals surface area contributed by atoms with E-state index in [0.717, 1.165) is 6.54 Å². The zero-order valence-corrected chi connectivity index (χ0v) is 15.4. The van der Waals surface area contributed by atoms with Gasteiger partial charge in [0.2, 0.25) is 0 Å². The summed E-state index contributed by atoms with van der Waals surface area (Å²) < 4.78 is 5.18. The van der Waals surface area contributed by atoms with Gasteiger partial charge in [-0.25, -0.2) is 9.97 Å². The van der Waals surface area contributed by atoms with Crippen LogP contribution < -0.4 is 15.0 Å². The molecule has 0 spiro atoms. The Morgan fingerprint density at radius 1 is 1.07 bits per heavy atom. The predicted octanol–water partition coefficient (Wildman–Crippen LogP) is 3.76. The van der Waals surface area contributed by atoms with Gasteiger partial charge in [-0.2, -0.15) is 0 Å². The largest absolute Gasteiger partial charge is 0.497 e. The van der Waals surface area contributed by atoms with Crippen LogP contribution >= 0.6 is 0 Å². The van der Waals surface area contributed by atoms with Gasteiger partial charge in [-0.05, 0) is 24.6 Å². The Kier molecular flexibility index (Phi) is 5.99. The maximum atomic E-state index is 12.6. The monoisotopic (exact) mass is 362 g/mol. The van der Waals surface area contributed by atoms with E-state index in [1.54, 1.807) is 25.3 Å². The first-order valence-corrected chi connectivity index (χ1v) is 8.76. The molecule has 0 radical (unpaired) electrons. The standard InChI is InChI=1S/C21H22N4O2/c1-3-25(14-16-8-5-4-6-9-16)20-13-19(22-15-23-20)21(26)24-17-10-7-11-18(12-17)27-2/h4-13,15H,3,14H2,1-2H3,(H,24,26). The van der Waals surface area contributed by atoms with Crippen molar-refractivity contribution < 1.29 is 9.53 Å². The fraction of sp³-hybridized carbons (Fsp3) is 0.190. The fourth-order valence-electron chi connectivity index (χ4n) is 2.70. The maximum Gasteiger partial charge on any atom is 0.274 e. The van der Waals surface area contributed by atoms with Crippen molar-refractivity contribution in [2.24, 2.45) is 0 Å². The highest BCUT2D eigenvalue weighted by Crippen LogP contribution is 2.19. The van der Waals surface area contributed by atoms with Crippen molar-refractivity contribution in [2.75, 3.05) is 23.9 Å². The minimum atomic E-state index is -0.289. The molecule has 3 rings (SSSR count). The summed E-state index contributed by atoms with van der Waals surface area (Å²) in [5.74, 6) is 1.10. The highest BCUT2D eigenvalue weighted by molar-refractivity contribution is 6.03. The molecule has 0 aliphatic carbocycles. The van der Waals surface area contributed by atoms with Crippen LogP contribution in [0.1, 0.15) is 23.0 Å². The van der Waals surface area contributed by atoms with Gasteiger partial charge >= 0.3 is 0 Å². The van der Waals surface area contributed by atoms with Crippen LogP contribution in [-0.2, 0) is 6.54 Å². The maximum absolute atomic E-state index is 12.6. The minimum absolute atomic E-state index is 0.289. The zero-order valence-electron chi connectivity index (χ0n) is 15.4. The van der Waals surface area contributed by atoms with Crippen LogP contribution in [0.3, 0.4) is 0 Å². The van der Waals surface area contributed by atoms with Crippen molar-refractivity contribution in [3.8, 4) is 5.75 Å². The van der Waals surface area contributed by atoms with Crippen molar-refractivity contribution in [3.63, 3.8) is 0 Å². The number of carbonyl (C=O) groups excluding carboxylic acids is 1. The van der Waals surface area contributed by atoms with E-state index in [0.29, 0.717) is 29.5 Å². The summed E-state index contributed by atoms with van der Waals surface area (Å²) in [4.78, 5) is 23.1. The molecule has 0 aliphatic heterocycles. The molecular weight excluding hydrogens is 340 g/mol. The molecule has 1 amide bonds. The van der Waals surface area contributed by atoms with E-state index in [1.807, 2.05) is 30.3 Å². The summed E-state index contributed by atoms with van der Waals surface area (Å²) in [6, 6.07) is 19.1. The molecular formula is C21H22N4O2. The Bertz CT molecular complexity index is 899. The Hall–Kier alpha value is -3.41. The molecule has 1 N–H and O–H groups in total. The van der Waals surface area contributed by atoms with Gasteiger partial charge in [0.1, 0.15) is 23.6 Å². The highest BCUT2D eigenvalue weighted by Gasteiger charge is 2.13. The lowest BCUT2D eigenvalue weighted by atomic mass is 10.2. The molecule has 2 aromatic carbocycles. The van der Waals surface area contributed by atoms with E-state index >= 15 is 0 Å². The van der Waals surface area contributed by atoms with Gasteiger partial charge in [0.05, 0.1) is 7.11 Å². The normalized spacial score (nSPS) is 10.3. The van der Waals surface area contributed by atoms with Gasteiger partial charge in [0.25, 0.3) is 5.91 Å². The first-order chi connectivity index (χ1) is 13.2.